The maximum Gasteiger partial charge on any atom is 0.254 e. The number of aromatic nitrogens is 1. The lowest BCUT2D eigenvalue weighted by Gasteiger charge is -2.35. The second-order valence-corrected chi connectivity index (χ2v) is 8.29. The third-order valence-electron chi connectivity index (χ3n) is 6.23. The molecule has 1 aliphatic rings. The molecule has 0 unspecified atom stereocenters. The number of halogens is 1. The molecule has 30 heavy (non-hydrogen) atoms. The van der Waals surface area contributed by atoms with Gasteiger partial charge in [-0.3, -0.25) is 4.79 Å². The summed E-state index contributed by atoms with van der Waals surface area (Å²) >= 11 is 0. The lowest BCUT2D eigenvalue weighted by Crippen LogP contribution is -2.41. The summed E-state index contributed by atoms with van der Waals surface area (Å²) in [4.78, 5) is 15.4. The first kappa shape index (κ1) is 20.4. The van der Waals surface area contributed by atoms with Crippen LogP contribution in [0.5, 0.6) is 0 Å². The summed E-state index contributed by atoms with van der Waals surface area (Å²) in [5.74, 6) is -0.326. The predicted molar refractivity (Wildman–Crippen MR) is 118 cm³/mol. The van der Waals surface area contributed by atoms with Crippen LogP contribution < -0.4 is 0 Å². The molecule has 4 rings (SSSR count). The van der Waals surface area contributed by atoms with E-state index < -0.39 is 0 Å². The fourth-order valence-corrected chi connectivity index (χ4v) is 4.41. The molecule has 0 aliphatic heterocycles. The quantitative estimate of drug-likeness (QED) is 0.498. The lowest BCUT2D eigenvalue weighted by molar-refractivity contribution is 0.0608. The van der Waals surface area contributed by atoms with Gasteiger partial charge < -0.3 is 9.47 Å². The van der Waals surface area contributed by atoms with Gasteiger partial charge in [-0.15, -0.1) is 0 Å². The Labute approximate surface area is 178 Å². The van der Waals surface area contributed by atoms with Gasteiger partial charge in [0.25, 0.3) is 5.91 Å². The Morgan fingerprint density at radius 1 is 1.00 bits per heavy atom. The van der Waals surface area contributed by atoms with Crippen molar-refractivity contribution < 1.29 is 9.18 Å². The number of hydrogen-bond acceptors (Lipinski definition) is 1. The number of benzene rings is 2. The van der Waals surface area contributed by atoms with Crippen molar-refractivity contribution in [2.45, 2.75) is 58.2 Å². The Hall–Kier alpha value is -2.88. The molecule has 1 aromatic heterocycles. The van der Waals surface area contributed by atoms with Gasteiger partial charge >= 0.3 is 0 Å². The SMILES string of the molecule is Cc1ccccc1Cn1cccc1CN(C(=O)c1ccc(F)cc1)C1CCCCC1. The smallest absolute Gasteiger partial charge is 0.254 e. The molecule has 4 heteroatoms. The first-order valence-corrected chi connectivity index (χ1v) is 10.9. The molecular weight excluding hydrogens is 375 g/mol. The summed E-state index contributed by atoms with van der Waals surface area (Å²) in [6.07, 6.45) is 7.70. The predicted octanol–water partition coefficient (Wildman–Crippen LogP) is 5.96. The zero-order chi connectivity index (χ0) is 20.9. The summed E-state index contributed by atoms with van der Waals surface area (Å²) in [6.45, 7) is 3.49. The summed E-state index contributed by atoms with van der Waals surface area (Å²) in [5, 5.41) is 0. The fraction of sp³-hybridized carbons (Fsp3) is 0.346. The second-order valence-electron chi connectivity index (χ2n) is 8.29. The van der Waals surface area contributed by atoms with E-state index in [0.717, 1.165) is 37.9 Å². The van der Waals surface area contributed by atoms with Crippen molar-refractivity contribution in [3.8, 4) is 0 Å². The van der Waals surface area contributed by atoms with Crippen LogP contribution in [0.4, 0.5) is 4.39 Å². The molecule has 0 radical (unpaired) electrons. The number of carbonyl (C=O) groups is 1. The van der Waals surface area contributed by atoms with Crippen molar-refractivity contribution >= 4 is 5.91 Å². The van der Waals surface area contributed by atoms with Crippen molar-refractivity contribution in [3.63, 3.8) is 0 Å². The van der Waals surface area contributed by atoms with Crippen LogP contribution in [0.3, 0.4) is 0 Å². The highest BCUT2D eigenvalue weighted by molar-refractivity contribution is 5.94. The van der Waals surface area contributed by atoms with Crippen LogP contribution in [0.1, 0.15) is 59.3 Å². The van der Waals surface area contributed by atoms with E-state index in [4.69, 9.17) is 0 Å². The molecule has 0 atom stereocenters. The van der Waals surface area contributed by atoms with E-state index in [1.165, 1.54) is 29.7 Å². The van der Waals surface area contributed by atoms with Gasteiger partial charge in [0, 0.05) is 30.0 Å². The summed E-state index contributed by atoms with van der Waals surface area (Å²) in [6, 6.07) is 18.7. The first-order chi connectivity index (χ1) is 14.6. The van der Waals surface area contributed by atoms with Crippen molar-refractivity contribution in [1.29, 1.82) is 0 Å². The van der Waals surface area contributed by atoms with E-state index >= 15 is 0 Å². The Bertz CT molecular complexity index is 986. The Morgan fingerprint density at radius 3 is 2.47 bits per heavy atom. The minimum atomic E-state index is -0.317. The Balaban J connectivity index is 1.59. The van der Waals surface area contributed by atoms with Gasteiger partial charge in [0.1, 0.15) is 5.82 Å². The summed E-state index contributed by atoms with van der Waals surface area (Å²) < 4.78 is 15.6. The molecule has 2 aromatic carbocycles. The summed E-state index contributed by atoms with van der Waals surface area (Å²) in [5.41, 5.74) is 4.23. The van der Waals surface area contributed by atoms with Crippen LogP contribution in [0.15, 0.2) is 66.9 Å². The van der Waals surface area contributed by atoms with Gasteiger partial charge in [-0.25, -0.2) is 4.39 Å². The van der Waals surface area contributed by atoms with E-state index in [-0.39, 0.29) is 17.8 Å². The van der Waals surface area contributed by atoms with Crippen molar-refractivity contribution in [3.05, 3.63) is 95.1 Å². The van der Waals surface area contributed by atoms with E-state index in [2.05, 4.69) is 54.1 Å². The molecular formula is C26H29FN2O. The van der Waals surface area contributed by atoms with Crippen LogP contribution in [0.25, 0.3) is 0 Å². The zero-order valence-electron chi connectivity index (χ0n) is 17.6. The first-order valence-electron chi connectivity index (χ1n) is 10.9. The maximum atomic E-state index is 13.4. The molecule has 0 spiro atoms. The monoisotopic (exact) mass is 404 g/mol. The number of carbonyl (C=O) groups excluding carboxylic acids is 1. The second kappa shape index (κ2) is 9.29. The number of nitrogens with zero attached hydrogens (tertiary/aromatic N) is 2. The standard InChI is InChI=1S/C26H29FN2O/c1-20-8-5-6-9-22(20)18-28-17-7-12-25(28)19-29(24-10-3-2-4-11-24)26(30)21-13-15-23(27)16-14-21/h5-9,12-17,24H,2-4,10-11,18-19H2,1H3. The van der Waals surface area contributed by atoms with Crippen LogP contribution in [0.2, 0.25) is 0 Å². The number of rotatable bonds is 6. The van der Waals surface area contributed by atoms with Gasteiger partial charge in [-0.2, -0.15) is 0 Å². The fourth-order valence-electron chi connectivity index (χ4n) is 4.41. The van der Waals surface area contributed by atoms with Crippen molar-refractivity contribution in [1.82, 2.24) is 9.47 Å². The van der Waals surface area contributed by atoms with E-state index in [1.807, 2.05) is 4.90 Å². The Kier molecular flexibility index (Phi) is 6.32. The van der Waals surface area contributed by atoms with Crippen LogP contribution >= 0.6 is 0 Å². The molecule has 1 fully saturated rings. The Morgan fingerprint density at radius 2 is 1.73 bits per heavy atom. The van der Waals surface area contributed by atoms with Crippen molar-refractivity contribution in [2.75, 3.05) is 0 Å². The average Bonchev–Trinajstić information content (AvgIpc) is 3.21. The third kappa shape index (κ3) is 4.64. The normalized spacial score (nSPS) is 14.6. The van der Waals surface area contributed by atoms with Gasteiger partial charge in [0.2, 0.25) is 0 Å². The molecule has 0 N–H and O–H groups in total. The van der Waals surface area contributed by atoms with Crippen LogP contribution in [-0.4, -0.2) is 21.4 Å². The summed E-state index contributed by atoms with van der Waals surface area (Å²) in [7, 11) is 0. The minimum Gasteiger partial charge on any atom is -0.345 e. The van der Waals surface area contributed by atoms with Crippen molar-refractivity contribution in [2.24, 2.45) is 0 Å². The average molecular weight is 405 g/mol. The van der Waals surface area contributed by atoms with E-state index in [9.17, 15) is 9.18 Å². The number of amides is 1. The van der Waals surface area contributed by atoms with Crippen LogP contribution in [0, 0.1) is 12.7 Å². The van der Waals surface area contributed by atoms with E-state index in [1.54, 1.807) is 12.1 Å². The van der Waals surface area contributed by atoms with Gasteiger partial charge in [-0.1, -0.05) is 43.5 Å². The minimum absolute atomic E-state index is 0.00876. The molecule has 156 valence electrons. The van der Waals surface area contributed by atoms with Gasteiger partial charge in [0.15, 0.2) is 0 Å². The topological polar surface area (TPSA) is 25.2 Å². The molecule has 3 nitrogen and oxygen atoms in total. The molecule has 1 saturated carbocycles. The maximum absolute atomic E-state index is 13.4. The highest BCUT2D eigenvalue weighted by Crippen LogP contribution is 2.26. The molecule has 3 aromatic rings. The molecule has 0 bridgehead atoms. The molecule has 0 saturated heterocycles. The largest absolute Gasteiger partial charge is 0.345 e. The number of aryl methyl sites for hydroxylation is 1. The number of hydrogen-bond donors (Lipinski definition) is 0. The highest BCUT2D eigenvalue weighted by atomic mass is 19.1. The third-order valence-corrected chi connectivity index (χ3v) is 6.23. The molecule has 1 amide bonds. The lowest BCUT2D eigenvalue weighted by atomic mass is 9.93. The molecule has 1 aliphatic carbocycles. The molecule has 1 heterocycles. The van der Waals surface area contributed by atoms with Gasteiger partial charge in [-0.05, 0) is 67.3 Å². The van der Waals surface area contributed by atoms with Gasteiger partial charge in [0.05, 0.1) is 6.54 Å². The van der Waals surface area contributed by atoms with Crippen LogP contribution in [-0.2, 0) is 13.1 Å². The highest BCUT2D eigenvalue weighted by Gasteiger charge is 2.27. The zero-order valence-corrected chi connectivity index (χ0v) is 17.6. The van der Waals surface area contributed by atoms with E-state index in [0.29, 0.717) is 12.1 Å².